The first-order chi connectivity index (χ1) is 12.2. The molecule has 1 N–H and O–H groups in total. The van der Waals surface area contributed by atoms with Crippen molar-refractivity contribution < 1.29 is 9.53 Å². The molecule has 0 fully saturated rings. The average Bonchev–Trinajstić information content (AvgIpc) is 3.04. The van der Waals surface area contributed by atoms with Crippen molar-refractivity contribution in [2.75, 3.05) is 12.9 Å². The van der Waals surface area contributed by atoms with Gasteiger partial charge in [-0.05, 0) is 42.2 Å². The van der Waals surface area contributed by atoms with Crippen LogP contribution in [0.25, 0.3) is 11.0 Å². The van der Waals surface area contributed by atoms with Gasteiger partial charge in [0.1, 0.15) is 12.4 Å². The normalized spacial score (nSPS) is 13.6. The number of benzene rings is 2. The number of nitrogens with one attached hydrogen (secondary N) is 1. The van der Waals surface area contributed by atoms with Gasteiger partial charge in [-0.3, -0.25) is 4.79 Å². The van der Waals surface area contributed by atoms with Gasteiger partial charge in [0.25, 0.3) is 5.91 Å². The molecule has 0 spiro atoms. The Labute approximate surface area is 150 Å². The van der Waals surface area contributed by atoms with Gasteiger partial charge in [-0.15, -0.1) is 11.8 Å². The predicted octanol–water partition coefficient (Wildman–Crippen LogP) is 3.22. The van der Waals surface area contributed by atoms with E-state index in [-0.39, 0.29) is 5.91 Å². The van der Waals surface area contributed by atoms with E-state index < -0.39 is 0 Å². The molecule has 1 aliphatic rings. The molecule has 3 aromatic rings. The van der Waals surface area contributed by atoms with Crippen LogP contribution in [0.4, 0.5) is 0 Å². The van der Waals surface area contributed by atoms with Crippen LogP contribution in [0, 0.1) is 0 Å². The SMILES string of the molecule is CSc1ccc(CNC(=O)c2ccc3c(c2)nc2n3CCOC2)cc1. The second-order valence-electron chi connectivity index (χ2n) is 5.97. The molecule has 6 heteroatoms. The molecule has 1 aliphatic heterocycles. The zero-order valence-electron chi connectivity index (χ0n) is 14.0. The zero-order chi connectivity index (χ0) is 17.2. The number of ether oxygens (including phenoxy) is 1. The Morgan fingerprint density at radius 2 is 2.12 bits per heavy atom. The van der Waals surface area contributed by atoms with E-state index in [1.165, 1.54) is 4.90 Å². The Hall–Kier alpha value is -2.31. The van der Waals surface area contributed by atoms with Crippen LogP contribution in [0.3, 0.4) is 0 Å². The molecule has 4 rings (SSSR count). The van der Waals surface area contributed by atoms with Crippen LogP contribution in [0.2, 0.25) is 0 Å². The number of rotatable bonds is 4. The van der Waals surface area contributed by atoms with E-state index in [4.69, 9.17) is 4.74 Å². The third-order valence-electron chi connectivity index (χ3n) is 4.39. The second kappa shape index (κ2) is 6.90. The number of carbonyl (C=O) groups is 1. The third-order valence-corrected chi connectivity index (χ3v) is 5.14. The molecule has 2 heterocycles. The molecule has 0 saturated heterocycles. The molecule has 0 saturated carbocycles. The summed E-state index contributed by atoms with van der Waals surface area (Å²) in [6.07, 6.45) is 2.05. The molecule has 0 radical (unpaired) electrons. The van der Waals surface area contributed by atoms with Gasteiger partial charge in [-0.1, -0.05) is 12.1 Å². The first kappa shape index (κ1) is 16.2. The van der Waals surface area contributed by atoms with Crippen molar-refractivity contribution in [1.82, 2.24) is 14.9 Å². The van der Waals surface area contributed by atoms with Crippen molar-refractivity contribution in [1.29, 1.82) is 0 Å². The van der Waals surface area contributed by atoms with E-state index >= 15 is 0 Å². The van der Waals surface area contributed by atoms with Crippen LogP contribution in [0.1, 0.15) is 21.7 Å². The largest absolute Gasteiger partial charge is 0.372 e. The van der Waals surface area contributed by atoms with Crippen molar-refractivity contribution in [3.8, 4) is 0 Å². The number of aromatic nitrogens is 2. The highest BCUT2D eigenvalue weighted by Gasteiger charge is 2.16. The van der Waals surface area contributed by atoms with Crippen molar-refractivity contribution >= 4 is 28.7 Å². The van der Waals surface area contributed by atoms with Crippen LogP contribution >= 0.6 is 11.8 Å². The number of fused-ring (bicyclic) bond motifs is 3. The fourth-order valence-electron chi connectivity index (χ4n) is 3.03. The summed E-state index contributed by atoms with van der Waals surface area (Å²) in [5.41, 5.74) is 3.62. The standard InChI is InChI=1S/C19H19N3O2S/c1-25-15-5-2-13(3-6-15)11-20-19(23)14-4-7-17-16(10-14)21-18-12-24-9-8-22(17)18/h2-7,10H,8-9,11-12H2,1H3,(H,20,23). The molecule has 1 amide bonds. The smallest absolute Gasteiger partial charge is 0.251 e. The molecular weight excluding hydrogens is 334 g/mol. The Bertz CT molecular complexity index is 918. The number of thioether (sulfide) groups is 1. The van der Waals surface area contributed by atoms with E-state index in [1.54, 1.807) is 11.8 Å². The molecule has 25 heavy (non-hydrogen) atoms. The van der Waals surface area contributed by atoms with Gasteiger partial charge in [0.2, 0.25) is 0 Å². The minimum Gasteiger partial charge on any atom is -0.372 e. The lowest BCUT2D eigenvalue weighted by Gasteiger charge is -2.14. The second-order valence-corrected chi connectivity index (χ2v) is 6.85. The van der Waals surface area contributed by atoms with Crippen LogP contribution in [-0.4, -0.2) is 28.3 Å². The summed E-state index contributed by atoms with van der Waals surface area (Å²) in [6, 6.07) is 13.9. The number of nitrogens with zero attached hydrogens (tertiary/aromatic N) is 2. The number of amides is 1. The minimum absolute atomic E-state index is 0.0851. The summed E-state index contributed by atoms with van der Waals surface area (Å²) in [7, 11) is 0. The number of hydrogen-bond acceptors (Lipinski definition) is 4. The number of imidazole rings is 1. The van der Waals surface area contributed by atoms with Gasteiger partial charge >= 0.3 is 0 Å². The lowest BCUT2D eigenvalue weighted by atomic mass is 10.1. The molecule has 5 nitrogen and oxygen atoms in total. The monoisotopic (exact) mass is 353 g/mol. The Morgan fingerprint density at radius 1 is 1.28 bits per heavy atom. The molecule has 1 aromatic heterocycles. The molecule has 128 valence electrons. The topological polar surface area (TPSA) is 56.2 Å². The van der Waals surface area contributed by atoms with Crippen molar-refractivity contribution in [3.05, 3.63) is 59.4 Å². The maximum atomic E-state index is 12.5. The van der Waals surface area contributed by atoms with Gasteiger partial charge in [0.05, 0.1) is 17.6 Å². The van der Waals surface area contributed by atoms with Gasteiger partial charge in [-0.25, -0.2) is 4.98 Å². The highest BCUT2D eigenvalue weighted by atomic mass is 32.2. The highest BCUT2D eigenvalue weighted by Crippen LogP contribution is 2.21. The van der Waals surface area contributed by atoms with E-state index in [0.717, 1.165) is 29.0 Å². The minimum atomic E-state index is -0.0851. The summed E-state index contributed by atoms with van der Waals surface area (Å²) in [5, 5.41) is 2.97. The number of carbonyl (C=O) groups excluding carboxylic acids is 1. The lowest BCUT2D eigenvalue weighted by Crippen LogP contribution is -2.22. The molecule has 0 atom stereocenters. The summed E-state index contributed by atoms with van der Waals surface area (Å²) < 4.78 is 7.60. The Balaban J connectivity index is 1.49. The molecular formula is C19H19N3O2S. The quantitative estimate of drug-likeness (QED) is 0.732. The molecule has 2 aromatic carbocycles. The fourth-order valence-corrected chi connectivity index (χ4v) is 3.44. The van der Waals surface area contributed by atoms with Gasteiger partial charge in [0.15, 0.2) is 0 Å². The van der Waals surface area contributed by atoms with E-state index in [1.807, 2.05) is 36.6 Å². The van der Waals surface area contributed by atoms with Gasteiger partial charge in [0, 0.05) is 23.5 Å². The van der Waals surface area contributed by atoms with E-state index in [2.05, 4.69) is 27.0 Å². The third kappa shape index (κ3) is 3.27. The van der Waals surface area contributed by atoms with Crippen LogP contribution in [0.15, 0.2) is 47.4 Å². The van der Waals surface area contributed by atoms with Crippen molar-refractivity contribution in [2.24, 2.45) is 0 Å². The predicted molar refractivity (Wildman–Crippen MR) is 98.8 cm³/mol. The van der Waals surface area contributed by atoms with Crippen LogP contribution in [-0.2, 0) is 24.4 Å². The lowest BCUT2D eigenvalue weighted by molar-refractivity contribution is 0.0830. The first-order valence-electron chi connectivity index (χ1n) is 8.22. The number of hydrogen-bond donors (Lipinski definition) is 1. The van der Waals surface area contributed by atoms with Crippen molar-refractivity contribution in [2.45, 2.75) is 24.6 Å². The maximum Gasteiger partial charge on any atom is 0.251 e. The van der Waals surface area contributed by atoms with Gasteiger partial charge < -0.3 is 14.6 Å². The molecule has 0 bridgehead atoms. The summed E-state index contributed by atoms with van der Waals surface area (Å²) in [4.78, 5) is 18.3. The highest BCUT2D eigenvalue weighted by molar-refractivity contribution is 7.98. The molecule has 0 aliphatic carbocycles. The fraction of sp³-hybridized carbons (Fsp3) is 0.263. The van der Waals surface area contributed by atoms with Crippen LogP contribution < -0.4 is 5.32 Å². The maximum absolute atomic E-state index is 12.5. The summed E-state index contributed by atoms with van der Waals surface area (Å²) in [5.74, 6) is 0.839. The van der Waals surface area contributed by atoms with Crippen LogP contribution in [0.5, 0.6) is 0 Å². The van der Waals surface area contributed by atoms with Gasteiger partial charge in [-0.2, -0.15) is 0 Å². The van der Waals surface area contributed by atoms with Crippen molar-refractivity contribution in [3.63, 3.8) is 0 Å². The molecule has 0 unspecified atom stereocenters. The Morgan fingerprint density at radius 3 is 2.92 bits per heavy atom. The average molecular weight is 353 g/mol. The Kier molecular flexibility index (Phi) is 4.46. The summed E-state index contributed by atoms with van der Waals surface area (Å²) >= 11 is 1.71. The summed E-state index contributed by atoms with van der Waals surface area (Å²) in [6.45, 7) is 2.56. The zero-order valence-corrected chi connectivity index (χ0v) is 14.8. The van der Waals surface area contributed by atoms with E-state index in [9.17, 15) is 4.79 Å². The first-order valence-corrected chi connectivity index (χ1v) is 9.45. The van der Waals surface area contributed by atoms with E-state index in [0.29, 0.717) is 25.3 Å².